The molecule has 2 aliphatic rings. The molecular weight excluding hydrogens is 274 g/mol. The molecule has 0 aromatic heterocycles. The molecular formula is C16H16ClNO2. The zero-order chi connectivity index (χ0) is 14.4. The molecule has 0 N–H and O–H groups in total. The number of rotatable bonds is 1. The second-order valence-corrected chi connectivity index (χ2v) is 6.01. The van der Waals surface area contributed by atoms with E-state index in [0.717, 1.165) is 5.56 Å². The Kier molecular flexibility index (Phi) is 3.17. The summed E-state index contributed by atoms with van der Waals surface area (Å²) in [7, 11) is 0. The van der Waals surface area contributed by atoms with Crippen molar-refractivity contribution in [3.63, 3.8) is 0 Å². The summed E-state index contributed by atoms with van der Waals surface area (Å²) >= 11 is 6.10. The molecule has 3 nitrogen and oxygen atoms in total. The zero-order valence-corrected chi connectivity index (χ0v) is 12.3. The summed E-state index contributed by atoms with van der Waals surface area (Å²) in [6.07, 6.45) is 3.42. The van der Waals surface area contributed by atoms with Gasteiger partial charge >= 0.3 is 0 Å². The van der Waals surface area contributed by atoms with Gasteiger partial charge in [0, 0.05) is 5.02 Å². The van der Waals surface area contributed by atoms with Gasteiger partial charge in [0.25, 0.3) is 0 Å². The highest BCUT2D eigenvalue weighted by Crippen LogP contribution is 2.41. The molecule has 0 radical (unpaired) electrons. The smallest absolute Gasteiger partial charge is 0.238 e. The molecule has 1 fully saturated rings. The molecule has 0 saturated carbocycles. The van der Waals surface area contributed by atoms with Gasteiger partial charge in [-0.3, -0.25) is 9.59 Å². The van der Waals surface area contributed by atoms with Crippen LogP contribution >= 0.6 is 11.6 Å². The Hall–Kier alpha value is -1.61. The second kappa shape index (κ2) is 4.74. The molecule has 2 atom stereocenters. The maximum absolute atomic E-state index is 12.6. The first-order valence-corrected chi connectivity index (χ1v) is 7.17. The molecule has 1 heterocycles. The SMILES string of the molecule is CC1=CCC2C(=O)N(c3cccc(Cl)c3C)C(=O)C2C1. The van der Waals surface area contributed by atoms with Crippen molar-refractivity contribution in [3.05, 3.63) is 40.4 Å². The minimum atomic E-state index is -0.204. The van der Waals surface area contributed by atoms with Gasteiger partial charge in [-0.1, -0.05) is 29.3 Å². The van der Waals surface area contributed by atoms with E-state index in [1.54, 1.807) is 18.2 Å². The Morgan fingerprint density at radius 2 is 1.85 bits per heavy atom. The number of amides is 2. The van der Waals surface area contributed by atoms with Crippen molar-refractivity contribution in [1.29, 1.82) is 0 Å². The average Bonchev–Trinajstić information content (AvgIpc) is 2.65. The number of hydrogen-bond donors (Lipinski definition) is 0. The van der Waals surface area contributed by atoms with Gasteiger partial charge in [-0.05, 0) is 44.4 Å². The predicted molar refractivity (Wildman–Crippen MR) is 78.7 cm³/mol. The summed E-state index contributed by atoms with van der Waals surface area (Å²) in [5, 5.41) is 0.576. The van der Waals surface area contributed by atoms with E-state index in [1.165, 1.54) is 10.5 Å². The highest BCUT2D eigenvalue weighted by Gasteiger charge is 2.48. The summed E-state index contributed by atoms with van der Waals surface area (Å²) in [6.45, 7) is 3.85. The first kappa shape index (κ1) is 13.4. The molecule has 1 aliphatic carbocycles. The largest absolute Gasteiger partial charge is 0.274 e. The molecule has 3 rings (SSSR count). The number of halogens is 1. The van der Waals surface area contributed by atoms with Gasteiger partial charge in [-0.25, -0.2) is 4.90 Å². The Bertz CT molecular complexity index is 635. The number of allylic oxidation sites excluding steroid dienone is 2. The summed E-state index contributed by atoms with van der Waals surface area (Å²) in [4.78, 5) is 26.5. The highest BCUT2D eigenvalue weighted by atomic mass is 35.5. The van der Waals surface area contributed by atoms with Crippen LogP contribution < -0.4 is 4.90 Å². The molecule has 1 aliphatic heterocycles. The third kappa shape index (κ3) is 1.88. The van der Waals surface area contributed by atoms with E-state index < -0.39 is 0 Å². The Morgan fingerprint density at radius 3 is 2.60 bits per heavy atom. The molecule has 2 amide bonds. The Morgan fingerprint density at radius 1 is 1.15 bits per heavy atom. The molecule has 0 spiro atoms. The summed E-state index contributed by atoms with van der Waals surface area (Å²) in [5.74, 6) is -0.581. The van der Waals surface area contributed by atoms with Crippen LogP contribution in [0.2, 0.25) is 5.02 Å². The molecule has 1 aromatic carbocycles. The lowest BCUT2D eigenvalue weighted by atomic mass is 9.82. The number of hydrogen-bond acceptors (Lipinski definition) is 2. The van der Waals surface area contributed by atoms with Gasteiger partial charge < -0.3 is 0 Å². The van der Waals surface area contributed by atoms with Gasteiger partial charge in [0.1, 0.15) is 0 Å². The van der Waals surface area contributed by atoms with Crippen LogP contribution in [0.25, 0.3) is 0 Å². The number of anilines is 1. The second-order valence-electron chi connectivity index (χ2n) is 5.60. The summed E-state index contributed by atoms with van der Waals surface area (Å²) < 4.78 is 0. The molecule has 0 bridgehead atoms. The lowest BCUT2D eigenvalue weighted by molar-refractivity contribution is -0.122. The molecule has 20 heavy (non-hydrogen) atoms. The van der Waals surface area contributed by atoms with Crippen molar-refractivity contribution in [2.45, 2.75) is 26.7 Å². The molecule has 1 saturated heterocycles. The van der Waals surface area contributed by atoms with Crippen LogP contribution in [0, 0.1) is 18.8 Å². The topological polar surface area (TPSA) is 37.4 Å². The molecule has 104 valence electrons. The summed E-state index contributed by atoms with van der Waals surface area (Å²) in [5.41, 5.74) is 2.59. The number of benzene rings is 1. The van der Waals surface area contributed by atoms with Gasteiger partial charge in [0.05, 0.1) is 17.5 Å². The predicted octanol–water partition coefficient (Wildman–Crippen LogP) is 3.49. The van der Waals surface area contributed by atoms with E-state index in [1.807, 2.05) is 13.8 Å². The highest BCUT2D eigenvalue weighted by molar-refractivity contribution is 6.32. The number of carbonyl (C=O) groups is 2. The lowest BCUT2D eigenvalue weighted by Crippen LogP contribution is -2.31. The van der Waals surface area contributed by atoms with Crippen LogP contribution in [0.4, 0.5) is 5.69 Å². The van der Waals surface area contributed by atoms with E-state index in [9.17, 15) is 9.59 Å². The fourth-order valence-corrected chi connectivity index (χ4v) is 3.28. The van der Waals surface area contributed by atoms with Crippen LogP contribution in [-0.2, 0) is 9.59 Å². The minimum absolute atomic E-state index is 0.0854. The van der Waals surface area contributed by atoms with Gasteiger partial charge in [-0.2, -0.15) is 0 Å². The van der Waals surface area contributed by atoms with Gasteiger partial charge in [-0.15, -0.1) is 0 Å². The minimum Gasteiger partial charge on any atom is -0.274 e. The average molecular weight is 290 g/mol. The first-order valence-electron chi connectivity index (χ1n) is 6.79. The fraction of sp³-hybridized carbons (Fsp3) is 0.375. The Balaban J connectivity index is 2.02. The van der Waals surface area contributed by atoms with Gasteiger partial charge in [0.2, 0.25) is 11.8 Å². The maximum atomic E-state index is 12.6. The number of nitrogens with zero attached hydrogens (tertiary/aromatic N) is 1. The maximum Gasteiger partial charge on any atom is 0.238 e. The third-order valence-corrected chi connectivity index (χ3v) is 4.71. The van der Waals surface area contributed by atoms with E-state index in [2.05, 4.69) is 6.08 Å². The van der Waals surface area contributed by atoms with Crippen molar-refractivity contribution >= 4 is 29.1 Å². The van der Waals surface area contributed by atoms with Crippen molar-refractivity contribution in [3.8, 4) is 0 Å². The van der Waals surface area contributed by atoms with Gasteiger partial charge in [0.15, 0.2) is 0 Å². The van der Waals surface area contributed by atoms with Crippen LogP contribution in [0.15, 0.2) is 29.8 Å². The Labute approximate surface area is 123 Å². The van der Waals surface area contributed by atoms with E-state index in [4.69, 9.17) is 11.6 Å². The lowest BCUT2D eigenvalue weighted by Gasteiger charge is -2.19. The number of imide groups is 1. The van der Waals surface area contributed by atoms with Crippen molar-refractivity contribution in [2.75, 3.05) is 4.90 Å². The van der Waals surface area contributed by atoms with Crippen molar-refractivity contribution in [1.82, 2.24) is 0 Å². The van der Waals surface area contributed by atoms with E-state index in [-0.39, 0.29) is 23.7 Å². The molecule has 2 unspecified atom stereocenters. The zero-order valence-electron chi connectivity index (χ0n) is 11.5. The van der Waals surface area contributed by atoms with Crippen LogP contribution in [0.5, 0.6) is 0 Å². The van der Waals surface area contributed by atoms with Crippen LogP contribution in [-0.4, -0.2) is 11.8 Å². The fourth-order valence-electron chi connectivity index (χ4n) is 3.11. The van der Waals surface area contributed by atoms with Crippen LogP contribution in [0.3, 0.4) is 0 Å². The molecule has 4 heteroatoms. The summed E-state index contributed by atoms with van der Waals surface area (Å²) in [6, 6.07) is 5.33. The van der Waals surface area contributed by atoms with E-state index in [0.29, 0.717) is 23.6 Å². The first-order chi connectivity index (χ1) is 9.50. The van der Waals surface area contributed by atoms with Crippen LogP contribution in [0.1, 0.15) is 25.3 Å². The van der Waals surface area contributed by atoms with Crippen molar-refractivity contribution < 1.29 is 9.59 Å². The molecule has 1 aromatic rings. The standard InChI is InChI=1S/C16H16ClNO2/c1-9-6-7-11-12(8-9)16(20)18(15(11)19)14-5-3-4-13(17)10(14)2/h3-6,11-12H,7-8H2,1-2H3. The normalized spacial score (nSPS) is 25.8. The quantitative estimate of drug-likeness (QED) is 0.586. The third-order valence-electron chi connectivity index (χ3n) is 4.30. The van der Waals surface area contributed by atoms with E-state index >= 15 is 0 Å². The monoisotopic (exact) mass is 289 g/mol. The number of fused-ring (bicyclic) bond motifs is 1. The number of carbonyl (C=O) groups excluding carboxylic acids is 2. The van der Waals surface area contributed by atoms with Crippen molar-refractivity contribution in [2.24, 2.45) is 11.8 Å².